The molecule has 1 fully saturated rings. The predicted molar refractivity (Wildman–Crippen MR) is 76.0 cm³/mol. The molecule has 3 nitrogen and oxygen atoms in total. The summed E-state index contributed by atoms with van der Waals surface area (Å²) in [5.74, 6) is 0.703. The zero-order chi connectivity index (χ0) is 13.6. The van der Waals surface area contributed by atoms with Gasteiger partial charge in [0.2, 0.25) is 0 Å². The first-order valence-electron chi connectivity index (χ1n) is 7.33. The van der Waals surface area contributed by atoms with Gasteiger partial charge >= 0.3 is 0 Å². The molecule has 1 unspecified atom stereocenters. The maximum atomic E-state index is 6.09. The van der Waals surface area contributed by atoms with E-state index in [0.717, 1.165) is 19.6 Å². The fourth-order valence-corrected chi connectivity index (χ4v) is 2.37. The van der Waals surface area contributed by atoms with Crippen LogP contribution in [0.4, 0.5) is 0 Å². The van der Waals surface area contributed by atoms with E-state index >= 15 is 0 Å². The van der Waals surface area contributed by atoms with Crippen molar-refractivity contribution in [3.8, 4) is 0 Å². The molecule has 0 amide bonds. The highest BCUT2D eigenvalue weighted by Crippen LogP contribution is 2.20. The van der Waals surface area contributed by atoms with E-state index in [1.807, 2.05) is 0 Å². The van der Waals surface area contributed by atoms with Gasteiger partial charge in [0.1, 0.15) is 0 Å². The van der Waals surface area contributed by atoms with Crippen LogP contribution < -0.4 is 0 Å². The first-order chi connectivity index (χ1) is 8.39. The third kappa shape index (κ3) is 6.72. The average molecular weight is 257 g/mol. The molecule has 0 bridgehead atoms. The van der Waals surface area contributed by atoms with E-state index < -0.39 is 0 Å². The molecule has 0 saturated carbocycles. The van der Waals surface area contributed by atoms with E-state index in [1.165, 1.54) is 25.9 Å². The molecule has 1 aliphatic heterocycles. The van der Waals surface area contributed by atoms with E-state index in [9.17, 15) is 0 Å². The van der Waals surface area contributed by atoms with E-state index in [-0.39, 0.29) is 5.60 Å². The van der Waals surface area contributed by atoms with Crippen LogP contribution in [0.2, 0.25) is 0 Å². The maximum absolute atomic E-state index is 6.09. The minimum atomic E-state index is -0.0646. The van der Waals surface area contributed by atoms with Crippen molar-refractivity contribution in [1.29, 1.82) is 0 Å². The summed E-state index contributed by atoms with van der Waals surface area (Å²) in [5.41, 5.74) is -0.0646. The Morgan fingerprint density at radius 3 is 2.67 bits per heavy atom. The van der Waals surface area contributed by atoms with Gasteiger partial charge in [0.15, 0.2) is 0 Å². The van der Waals surface area contributed by atoms with Crippen molar-refractivity contribution in [2.24, 2.45) is 5.92 Å². The SMILES string of the molecule is CC(C)OCCC(C)(C)OCC1CCCN(C)C1. The van der Waals surface area contributed by atoms with Crippen LogP contribution in [0.25, 0.3) is 0 Å². The summed E-state index contributed by atoms with van der Waals surface area (Å²) in [4.78, 5) is 2.41. The second-order valence-electron chi connectivity index (χ2n) is 6.51. The van der Waals surface area contributed by atoms with E-state index in [4.69, 9.17) is 9.47 Å². The number of likely N-dealkylation sites (tertiary alicyclic amines) is 1. The molecular weight excluding hydrogens is 226 g/mol. The summed E-state index contributed by atoms with van der Waals surface area (Å²) in [5, 5.41) is 0. The number of nitrogens with zero attached hydrogens (tertiary/aromatic N) is 1. The molecule has 0 aromatic carbocycles. The standard InChI is InChI=1S/C15H31NO2/c1-13(2)17-10-8-15(3,4)18-12-14-7-6-9-16(5)11-14/h13-14H,6-12H2,1-5H3. The van der Waals surface area contributed by atoms with Gasteiger partial charge in [-0.3, -0.25) is 0 Å². The van der Waals surface area contributed by atoms with Crippen LogP contribution in [-0.4, -0.2) is 50.0 Å². The van der Waals surface area contributed by atoms with Crippen molar-refractivity contribution < 1.29 is 9.47 Å². The highest BCUT2D eigenvalue weighted by atomic mass is 16.5. The summed E-state index contributed by atoms with van der Waals surface area (Å²) in [6.07, 6.45) is 3.89. The molecule has 1 aliphatic rings. The Morgan fingerprint density at radius 2 is 2.06 bits per heavy atom. The number of piperidine rings is 1. The molecule has 1 saturated heterocycles. The van der Waals surface area contributed by atoms with Crippen molar-refractivity contribution in [3.63, 3.8) is 0 Å². The fourth-order valence-electron chi connectivity index (χ4n) is 2.37. The fraction of sp³-hybridized carbons (Fsp3) is 1.00. The number of hydrogen-bond acceptors (Lipinski definition) is 3. The highest BCUT2D eigenvalue weighted by Gasteiger charge is 2.23. The largest absolute Gasteiger partial charge is 0.379 e. The Morgan fingerprint density at radius 1 is 1.33 bits per heavy atom. The first-order valence-corrected chi connectivity index (χ1v) is 7.33. The lowest BCUT2D eigenvalue weighted by Crippen LogP contribution is -2.37. The second-order valence-corrected chi connectivity index (χ2v) is 6.51. The van der Waals surface area contributed by atoms with E-state index in [1.54, 1.807) is 0 Å². The predicted octanol–water partition coefficient (Wildman–Crippen LogP) is 2.94. The molecule has 1 atom stereocenters. The summed E-state index contributed by atoms with van der Waals surface area (Å²) < 4.78 is 11.7. The van der Waals surface area contributed by atoms with Gasteiger partial charge in [0.05, 0.1) is 18.3 Å². The molecular formula is C15H31NO2. The third-order valence-electron chi connectivity index (χ3n) is 3.59. The van der Waals surface area contributed by atoms with Crippen LogP contribution in [0.15, 0.2) is 0 Å². The molecule has 0 aliphatic carbocycles. The van der Waals surface area contributed by atoms with Crippen LogP contribution in [-0.2, 0) is 9.47 Å². The molecule has 108 valence electrons. The van der Waals surface area contributed by atoms with Gasteiger partial charge in [-0.25, -0.2) is 0 Å². The van der Waals surface area contributed by atoms with Crippen molar-refractivity contribution in [1.82, 2.24) is 4.90 Å². The highest BCUT2D eigenvalue weighted by molar-refractivity contribution is 4.74. The third-order valence-corrected chi connectivity index (χ3v) is 3.59. The number of ether oxygens (including phenoxy) is 2. The van der Waals surface area contributed by atoms with Crippen molar-refractivity contribution in [2.75, 3.05) is 33.4 Å². The Bertz CT molecular complexity index is 229. The number of rotatable bonds is 7. The first kappa shape index (κ1) is 15.9. The van der Waals surface area contributed by atoms with Crippen LogP contribution in [0.5, 0.6) is 0 Å². The Labute approximate surface area is 113 Å². The monoisotopic (exact) mass is 257 g/mol. The quantitative estimate of drug-likeness (QED) is 0.700. The van der Waals surface area contributed by atoms with Gasteiger partial charge in [-0.05, 0) is 66.5 Å². The van der Waals surface area contributed by atoms with E-state index in [0.29, 0.717) is 12.0 Å². The lowest BCUT2D eigenvalue weighted by atomic mass is 9.98. The summed E-state index contributed by atoms with van der Waals surface area (Å²) >= 11 is 0. The molecule has 1 heterocycles. The summed E-state index contributed by atoms with van der Waals surface area (Å²) in [7, 11) is 2.20. The minimum Gasteiger partial charge on any atom is -0.379 e. The van der Waals surface area contributed by atoms with Gasteiger partial charge < -0.3 is 14.4 Å². The van der Waals surface area contributed by atoms with Gasteiger partial charge in [-0.2, -0.15) is 0 Å². The van der Waals surface area contributed by atoms with Crippen LogP contribution in [0.3, 0.4) is 0 Å². The van der Waals surface area contributed by atoms with Crippen molar-refractivity contribution in [3.05, 3.63) is 0 Å². The zero-order valence-electron chi connectivity index (χ0n) is 12.9. The number of hydrogen-bond donors (Lipinski definition) is 0. The van der Waals surface area contributed by atoms with Crippen molar-refractivity contribution in [2.45, 2.75) is 58.7 Å². The maximum Gasteiger partial charge on any atom is 0.0648 e. The molecule has 0 aromatic heterocycles. The normalized spacial score (nSPS) is 22.7. The molecule has 18 heavy (non-hydrogen) atoms. The molecule has 3 heteroatoms. The summed E-state index contributed by atoms with van der Waals surface area (Å²) in [6.45, 7) is 12.6. The Hall–Kier alpha value is -0.120. The summed E-state index contributed by atoms with van der Waals surface area (Å²) in [6, 6.07) is 0. The van der Waals surface area contributed by atoms with Crippen molar-refractivity contribution >= 4 is 0 Å². The molecule has 0 radical (unpaired) electrons. The van der Waals surface area contributed by atoms with Crippen LogP contribution in [0.1, 0.15) is 47.0 Å². The molecule has 0 N–H and O–H groups in total. The van der Waals surface area contributed by atoms with Gasteiger partial charge in [0.25, 0.3) is 0 Å². The lowest BCUT2D eigenvalue weighted by Gasteiger charge is -2.33. The minimum absolute atomic E-state index is 0.0646. The van der Waals surface area contributed by atoms with Crippen LogP contribution in [0, 0.1) is 5.92 Å². The smallest absolute Gasteiger partial charge is 0.0648 e. The van der Waals surface area contributed by atoms with Gasteiger partial charge in [-0.1, -0.05) is 0 Å². The van der Waals surface area contributed by atoms with Gasteiger partial charge in [0, 0.05) is 13.2 Å². The molecule has 1 rings (SSSR count). The van der Waals surface area contributed by atoms with Crippen LogP contribution >= 0.6 is 0 Å². The second kappa shape index (κ2) is 7.46. The lowest BCUT2D eigenvalue weighted by molar-refractivity contribution is -0.0665. The zero-order valence-corrected chi connectivity index (χ0v) is 12.9. The Balaban J connectivity index is 2.19. The van der Waals surface area contributed by atoms with Gasteiger partial charge in [-0.15, -0.1) is 0 Å². The topological polar surface area (TPSA) is 21.7 Å². The molecule has 0 aromatic rings. The molecule has 0 spiro atoms. The Kier molecular flexibility index (Phi) is 6.61. The average Bonchev–Trinajstić information content (AvgIpc) is 2.26. The van der Waals surface area contributed by atoms with E-state index in [2.05, 4.69) is 39.6 Å².